The molecule has 34 heavy (non-hydrogen) atoms. The van der Waals surface area contributed by atoms with Crippen LogP contribution in [0.2, 0.25) is 0 Å². The highest BCUT2D eigenvalue weighted by Crippen LogP contribution is 2.31. The Morgan fingerprint density at radius 1 is 0.882 bits per heavy atom. The van der Waals surface area contributed by atoms with Crippen LogP contribution in [-0.4, -0.2) is 27.9 Å². The summed E-state index contributed by atoms with van der Waals surface area (Å²) >= 11 is 0. The van der Waals surface area contributed by atoms with Crippen molar-refractivity contribution in [1.29, 1.82) is 0 Å². The van der Waals surface area contributed by atoms with Gasteiger partial charge in [-0.2, -0.15) is 18.2 Å². The van der Waals surface area contributed by atoms with E-state index in [1.54, 1.807) is 22.7 Å². The normalized spacial score (nSPS) is 12.4. The molecule has 0 aliphatic carbocycles. The fourth-order valence-electron chi connectivity index (χ4n) is 3.40. The van der Waals surface area contributed by atoms with Crippen molar-refractivity contribution in [3.8, 4) is 34.1 Å². The molecule has 2 N–H and O–H groups in total. The van der Waals surface area contributed by atoms with Gasteiger partial charge in [0.15, 0.2) is 0 Å². The SMILES string of the molecule is NS(=O)(=O)c1ccc(-c2noc(-c3cnc4ccc(-c5ccc(C(F)(F)F)cc5)cn34)n2)cc1. The summed E-state index contributed by atoms with van der Waals surface area (Å²) in [5, 5.41) is 9.05. The zero-order valence-corrected chi connectivity index (χ0v) is 17.9. The lowest BCUT2D eigenvalue weighted by molar-refractivity contribution is -0.137. The maximum absolute atomic E-state index is 12.9. The first-order chi connectivity index (χ1) is 16.1. The van der Waals surface area contributed by atoms with E-state index in [4.69, 9.17) is 9.66 Å². The van der Waals surface area contributed by atoms with Gasteiger partial charge in [-0.1, -0.05) is 17.3 Å². The molecule has 12 heteroatoms. The number of primary sulfonamides is 1. The van der Waals surface area contributed by atoms with Crippen LogP contribution in [0, 0.1) is 0 Å². The zero-order chi connectivity index (χ0) is 24.1. The fraction of sp³-hybridized carbons (Fsp3) is 0.0455. The Morgan fingerprint density at radius 3 is 2.18 bits per heavy atom. The van der Waals surface area contributed by atoms with E-state index in [2.05, 4.69) is 15.1 Å². The highest BCUT2D eigenvalue weighted by molar-refractivity contribution is 7.89. The fourth-order valence-corrected chi connectivity index (χ4v) is 3.92. The number of benzene rings is 2. The number of alkyl halides is 3. The lowest BCUT2D eigenvalue weighted by Gasteiger charge is -2.08. The third-order valence-electron chi connectivity index (χ3n) is 5.14. The standard InChI is InChI=1S/C22H14F3N5O3S/c23-22(24,25)16-6-1-13(2-7-16)15-5-10-19-27-11-18(30(19)12-15)21-28-20(29-33-21)14-3-8-17(9-4-14)34(26,31)32/h1-12H,(H2,26,31,32). The third-order valence-corrected chi connectivity index (χ3v) is 6.07. The predicted octanol–water partition coefficient (Wildman–Crippen LogP) is 4.38. The number of fused-ring (bicyclic) bond motifs is 1. The summed E-state index contributed by atoms with van der Waals surface area (Å²) in [6.45, 7) is 0. The van der Waals surface area contributed by atoms with Crippen molar-refractivity contribution in [3.05, 3.63) is 78.6 Å². The van der Waals surface area contributed by atoms with Crippen LogP contribution in [0.1, 0.15) is 5.56 Å². The highest BCUT2D eigenvalue weighted by Gasteiger charge is 2.30. The van der Waals surface area contributed by atoms with E-state index < -0.39 is 21.8 Å². The van der Waals surface area contributed by atoms with Crippen LogP contribution in [0.25, 0.3) is 39.7 Å². The van der Waals surface area contributed by atoms with Gasteiger partial charge in [-0.3, -0.25) is 4.40 Å². The molecule has 0 saturated carbocycles. The number of halogens is 3. The van der Waals surface area contributed by atoms with Gasteiger partial charge in [0.1, 0.15) is 11.3 Å². The molecule has 0 fully saturated rings. The summed E-state index contributed by atoms with van der Waals surface area (Å²) in [5.41, 5.74) is 2.10. The maximum atomic E-state index is 12.9. The van der Waals surface area contributed by atoms with Crippen molar-refractivity contribution < 1.29 is 26.1 Å². The number of imidazole rings is 1. The molecular weight excluding hydrogens is 471 g/mol. The molecule has 0 aliphatic rings. The monoisotopic (exact) mass is 485 g/mol. The van der Waals surface area contributed by atoms with Gasteiger partial charge in [-0.25, -0.2) is 18.5 Å². The van der Waals surface area contributed by atoms with Crippen molar-refractivity contribution >= 4 is 15.7 Å². The molecule has 8 nitrogen and oxygen atoms in total. The molecule has 5 rings (SSSR count). The molecule has 0 spiro atoms. The molecule has 0 atom stereocenters. The van der Waals surface area contributed by atoms with E-state index >= 15 is 0 Å². The molecule has 0 bridgehead atoms. The Balaban J connectivity index is 1.49. The second-order valence-corrected chi connectivity index (χ2v) is 8.92. The zero-order valence-electron chi connectivity index (χ0n) is 17.1. The van der Waals surface area contributed by atoms with Crippen LogP contribution in [-0.2, 0) is 16.2 Å². The highest BCUT2D eigenvalue weighted by atomic mass is 32.2. The Morgan fingerprint density at radius 2 is 1.53 bits per heavy atom. The first kappa shape index (κ1) is 21.8. The second kappa shape index (κ2) is 7.78. The van der Waals surface area contributed by atoms with Crippen LogP contribution in [0.5, 0.6) is 0 Å². The quantitative estimate of drug-likeness (QED) is 0.404. The Kier molecular flexibility index (Phi) is 4.99. The van der Waals surface area contributed by atoms with Gasteiger partial charge in [-0.05, 0) is 59.7 Å². The Bertz CT molecular complexity index is 1610. The summed E-state index contributed by atoms with van der Waals surface area (Å²) in [4.78, 5) is 8.62. The smallest absolute Gasteiger partial charge is 0.332 e. The first-order valence-corrected chi connectivity index (χ1v) is 11.3. The molecule has 0 amide bonds. The number of nitrogens with two attached hydrogens (primary N) is 1. The van der Waals surface area contributed by atoms with E-state index in [1.165, 1.54) is 42.6 Å². The van der Waals surface area contributed by atoms with Gasteiger partial charge in [0.25, 0.3) is 5.89 Å². The molecule has 0 aliphatic heterocycles. The molecule has 172 valence electrons. The lowest BCUT2D eigenvalue weighted by atomic mass is 10.1. The number of aromatic nitrogens is 4. The minimum atomic E-state index is -4.41. The van der Waals surface area contributed by atoms with Crippen LogP contribution >= 0.6 is 0 Å². The van der Waals surface area contributed by atoms with Crippen LogP contribution < -0.4 is 5.14 Å². The van der Waals surface area contributed by atoms with E-state index in [0.717, 1.165) is 12.1 Å². The average Bonchev–Trinajstić information content (AvgIpc) is 3.45. The molecule has 3 heterocycles. The molecule has 0 saturated heterocycles. The molecule has 0 radical (unpaired) electrons. The summed E-state index contributed by atoms with van der Waals surface area (Å²) in [5.74, 6) is 0.382. The summed E-state index contributed by atoms with van der Waals surface area (Å²) in [7, 11) is -3.82. The van der Waals surface area contributed by atoms with Crippen molar-refractivity contribution in [2.24, 2.45) is 5.14 Å². The molecular formula is C22H14F3N5O3S. The van der Waals surface area contributed by atoms with Gasteiger partial charge in [0.05, 0.1) is 16.7 Å². The van der Waals surface area contributed by atoms with Gasteiger partial charge in [0, 0.05) is 11.8 Å². The molecule has 0 unspecified atom stereocenters. The minimum Gasteiger partial charge on any atom is -0.332 e. The number of hydrogen-bond acceptors (Lipinski definition) is 6. The number of hydrogen-bond donors (Lipinski definition) is 1. The van der Waals surface area contributed by atoms with Gasteiger partial charge < -0.3 is 4.52 Å². The van der Waals surface area contributed by atoms with Crippen LogP contribution in [0.4, 0.5) is 13.2 Å². The van der Waals surface area contributed by atoms with Crippen molar-refractivity contribution in [2.75, 3.05) is 0 Å². The largest absolute Gasteiger partial charge is 0.416 e. The Labute approximate surface area is 190 Å². The summed E-state index contributed by atoms with van der Waals surface area (Å²) in [6.07, 6.45) is -1.16. The van der Waals surface area contributed by atoms with E-state index in [-0.39, 0.29) is 16.6 Å². The predicted molar refractivity (Wildman–Crippen MR) is 116 cm³/mol. The summed E-state index contributed by atoms with van der Waals surface area (Å²) < 4.78 is 68.5. The number of rotatable bonds is 4. The topological polar surface area (TPSA) is 116 Å². The van der Waals surface area contributed by atoms with Gasteiger partial charge in [0.2, 0.25) is 15.8 Å². The van der Waals surface area contributed by atoms with Crippen molar-refractivity contribution in [3.63, 3.8) is 0 Å². The summed E-state index contributed by atoms with van der Waals surface area (Å²) in [6, 6.07) is 14.0. The number of pyridine rings is 1. The van der Waals surface area contributed by atoms with Crippen molar-refractivity contribution in [1.82, 2.24) is 19.5 Å². The minimum absolute atomic E-state index is 0.0439. The van der Waals surface area contributed by atoms with E-state index in [1.807, 2.05) is 0 Å². The number of sulfonamides is 1. The Hall–Kier alpha value is -4.03. The lowest BCUT2D eigenvalue weighted by Crippen LogP contribution is -2.11. The third kappa shape index (κ3) is 4.04. The van der Waals surface area contributed by atoms with Crippen molar-refractivity contribution in [2.45, 2.75) is 11.1 Å². The van der Waals surface area contributed by atoms with Gasteiger partial charge >= 0.3 is 6.18 Å². The molecule has 3 aromatic heterocycles. The molecule has 2 aromatic carbocycles. The maximum Gasteiger partial charge on any atom is 0.416 e. The van der Waals surface area contributed by atoms with Gasteiger partial charge in [-0.15, -0.1) is 0 Å². The van der Waals surface area contributed by atoms with E-state index in [0.29, 0.717) is 28.0 Å². The molecule has 5 aromatic rings. The van der Waals surface area contributed by atoms with E-state index in [9.17, 15) is 21.6 Å². The number of nitrogens with zero attached hydrogens (tertiary/aromatic N) is 4. The van der Waals surface area contributed by atoms with Crippen LogP contribution in [0.15, 0.2) is 82.5 Å². The average molecular weight is 485 g/mol. The van der Waals surface area contributed by atoms with Crippen LogP contribution in [0.3, 0.4) is 0 Å². The first-order valence-electron chi connectivity index (χ1n) is 9.72. The second-order valence-electron chi connectivity index (χ2n) is 7.36.